The Kier molecular flexibility index (Phi) is 7.20. The van der Waals surface area contributed by atoms with Gasteiger partial charge in [-0.2, -0.15) is 0 Å². The maximum absolute atomic E-state index is 5.56. The molecule has 0 radical (unpaired) electrons. The van der Waals surface area contributed by atoms with Gasteiger partial charge in [-0.05, 0) is 45.2 Å². The molecule has 1 saturated heterocycles. The van der Waals surface area contributed by atoms with Gasteiger partial charge in [0.05, 0.1) is 6.10 Å². The molecular weight excluding hydrogens is 260 g/mol. The summed E-state index contributed by atoms with van der Waals surface area (Å²) in [7, 11) is 0. The molecule has 0 aromatic heterocycles. The van der Waals surface area contributed by atoms with E-state index in [1.54, 1.807) is 0 Å². The second-order valence-electron chi connectivity index (χ2n) is 6.29. The molecule has 0 saturated carbocycles. The quantitative estimate of drug-likeness (QED) is 0.707. The van der Waals surface area contributed by atoms with Crippen molar-refractivity contribution in [3.05, 3.63) is 35.9 Å². The first kappa shape index (κ1) is 16.5. The van der Waals surface area contributed by atoms with E-state index < -0.39 is 0 Å². The summed E-state index contributed by atoms with van der Waals surface area (Å²) in [5.41, 5.74) is 1.42. The van der Waals surface area contributed by atoms with Crippen LogP contribution in [0, 0.1) is 0 Å². The SMILES string of the molecule is CC(C)OCCCCNC1CCN(Cc2ccccc2)C1. The second-order valence-corrected chi connectivity index (χ2v) is 6.29. The number of rotatable bonds is 9. The average molecular weight is 290 g/mol. The molecule has 1 aliphatic rings. The molecule has 0 amide bonds. The number of nitrogens with one attached hydrogen (secondary N) is 1. The van der Waals surface area contributed by atoms with Crippen molar-refractivity contribution in [1.29, 1.82) is 0 Å². The normalized spacial score (nSPS) is 19.5. The van der Waals surface area contributed by atoms with Crippen molar-refractivity contribution in [2.24, 2.45) is 0 Å². The van der Waals surface area contributed by atoms with Crippen LogP contribution in [0.5, 0.6) is 0 Å². The molecule has 2 rings (SSSR count). The Bertz CT molecular complexity index is 380. The molecule has 1 atom stereocenters. The Balaban J connectivity index is 1.54. The van der Waals surface area contributed by atoms with Gasteiger partial charge in [-0.15, -0.1) is 0 Å². The van der Waals surface area contributed by atoms with Crippen LogP contribution in [0.3, 0.4) is 0 Å². The maximum Gasteiger partial charge on any atom is 0.0518 e. The molecular formula is C18H30N2O. The van der Waals surface area contributed by atoms with Crippen LogP contribution >= 0.6 is 0 Å². The standard InChI is InChI=1S/C18H30N2O/c1-16(2)21-13-7-6-11-19-18-10-12-20(15-18)14-17-8-4-3-5-9-17/h3-5,8-9,16,18-19H,6-7,10-15H2,1-2H3. The third-order valence-electron chi connectivity index (χ3n) is 3.98. The van der Waals surface area contributed by atoms with Crippen molar-refractivity contribution in [1.82, 2.24) is 10.2 Å². The van der Waals surface area contributed by atoms with Crippen LogP contribution in [-0.4, -0.2) is 43.3 Å². The first-order valence-electron chi connectivity index (χ1n) is 8.35. The van der Waals surface area contributed by atoms with Crippen LogP contribution in [0.2, 0.25) is 0 Å². The lowest BCUT2D eigenvalue weighted by atomic mass is 10.2. The van der Waals surface area contributed by atoms with Crippen molar-refractivity contribution in [2.45, 2.75) is 51.8 Å². The fourth-order valence-corrected chi connectivity index (χ4v) is 2.84. The number of likely N-dealkylation sites (tertiary alicyclic amines) is 1. The molecule has 0 bridgehead atoms. The van der Waals surface area contributed by atoms with Crippen LogP contribution in [-0.2, 0) is 11.3 Å². The van der Waals surface area contributed by atoms with Gasteiger partial charge in [-0.1, -0.05) is 30.3 Å². The van der Waals surface area contributed by atoms with Crippen molar-refractivity contribution in [3.8, 4) is 0 Å². The molecule has 3 heteroatoms. The van der Waals surface area contributed by atoms with Gasteiger partial charge in [0.2, 0.25) is 0 Å². The van der Waals surface area contributed by atoms with E-state index in [1.165, 1.54) is 31.5 Å². The Hall–Kier alpha value is -0.900. The Morgan fingerprint density at radius 3 is 2.81 bits per heavy atom. The molecule has 1 aromatic carbocycles. The lowest BCUT2D eigenvalue weighted by molar-refractivity contribution is 0.0759. The molecule has 1 heterocycles. The van der Waals surface area contributed by atoms with E-state index in [9.17, 15) is 0 Å². The predicted octanol–water partition coefficient (Wildman–Crippen LogP) is 3.06. The number of unbranched alkanes of at least 4 members (excludes halogenated alkanes) is 1. The fourth-order valence-electron chi connectivity index (χ4n) is 2.84. The summed E-state index contributed by atoms with van der Waals surface area (Å²) in [4.78, 5) is 2.55. The molecule has 1 aliphatic heterocycles. The zero-order chi connectivity index (χ0) is 14.9. The third-order valence-corrected chi connectivity index (χ3v) is 3.98. The first-order chi connectivity index (χ1) is 10.2. The summed E-state index contributed by atoms with van der Waals surface area (Å²) < 4.78 is 5.56. The van der Waals surface area contributed by atoms with Crippen LogP contribution < -0.4 is 5.32 Å². The number of hydrogen-bond donors (Lipinski definition) is 1. The molecule has 0 spiro atoms. The molecule has 1 N–H and O–H groups in total. The third kappa shape index (κ3) is 6.60. The highest BCUT2D eigenvalue weighted by atomic mass is 16.5. The van der Waals surface area contributed by atoms with Gasteiger partial charge in [-0.25, -0.2) is 0 Å². The maximum atomic E-state index is 5.56. The molecule has 3 nitrogen and oxygen atoms in total. The Morgan fingerprint density at radius 1 is 1.24 bits per heavy atom. The minimum Gasteiger partial charge on any atom is -0.379 e. The van der Waals surface area contributed by atoms with Crippen molar-refractivity contribution in [2.75, 3.05) is 26.2 Å². The summed E-state index contributed by atoms with van der Waals surface area (Å²) in [6, 6.07) is 11.4. The number of benzene rings is 1. The predicted molar refractivity (Wildman–Crippen MR) is 88.4 cm³/mol. The van der Waals surface area contributed by atoms with E-state index in [2.05, 4.69) is 54.4 Å². The summed E-state index contributed by atoms with van der Waals surface area (Å²) in [5.74, 6) is 0. The second kappa shape index (κ2) is 9.19. The van der Waals surface area contributed by atoms with Crippen molar-refractivity contribution < 1.29 is 4.74 Å². The van der Waals surface area contributed by atoms with Crippen LogP contribution in [0.4, 0.5) is 0 Å². The van der Waals surface area contributed by atoms with Gasteiger partial charge >= 0.3 is 0 Å². The molecule has 1 aromatic rings. The van der Waals surface area contributed by atoms with Crippen LogP contribution in [0.25, 0.3) is 0 Å². The van der Waals surface area contributed by atoms with E-state index in [0.29, 0.717) is 12.1 Å². The van der Waals surface area contributed by atoms with E-state index in [4.69, 9.17) is 4.74 Å². The molecule has 0 aliphatic carbocycles. The molecule has 21 heavy (non-hydrogen) atoms. The van der Waals surface area contributed by atoms with Gasteiger partial charge in [-0.3, -0.25) is 4.90 Å². The van der Waals surface area contributed by atoms with Gasteiger partial charge in [0.15, 0.2) is 0 Å². The zero-order valence-corrected chi connectivity index (χ0v) is 13.6. The van der Waals surface area contributed by atoms with Gasteiger partial charge in [0.25, 0.3) is 0 Å². The highest BCUT2D eigenvalue weighted by molar-refractivity contribution is 5.14. The van der Waals surface area contributed by atoms with Crippen molar-refractivity contribution in [3.63, 3.8) is 0 Å². The highest BCUT2D eigenvalue weighted by Gasteiger charge is 2.21. The lowest BCUT2D eigenvalue weighted by Gasteiger charge is -2.17. The monoisotopic (exact) mass is 290 g/mol. The van der Waals surface area contributed by atoms with Gasteiger partial charge in [0, 0.05) is 32.3 Å². The summed E-state index contributed by atoms with van der Waals surface area (Å²) in [6.07, 6.45) is 4.00. The first-order valence-corrected chi connectivity index (χ1v) is 8.35. The lowest BCUT2D eigenvalue weighted by Crippen LogP contribution is -2.33. The minimum atomic E-state index is 0.360. The van der Waals surface area contributed by atoms with E-state index in [0.717, 1.165) is 26.1 Å². The van der Waals surface area contributed by atoms with E-state index >= 15 is 0 Å². The van der Waals surface area contributed by atoms with E-state index in [-0.39, 0.29) is 0 Å². The Morgan fingerprint density at radius 2 is 2.05 bits per heavy atom. The number of nitrogens with zero attached hydrogens (tertiary/aromatic N) is 1. The molecule has 118 valence electrons. The fraction of sp³-hybridized carbons (Fsp3) is 0.667. The molecule has 1 fully saturated rings. The van der Waals surface area contributed by atoms with Crippen LogP contribution in [0.15, 0.2) is 30.3 Å². The minimum absolute atomic E-state index is 0.360. The summed E-state index contributed by atoms with van der Waals surface area (Å²) in [6.45, 7) is 9.67. The van der Waals surface area contributed by atoms with E-state index in [1.807, 2.05) is 0 Å². The topological polar surface area (TPSA) is 24.5 Å². The Labute approximate surface area is 129 Å². The zero-order valence-electron chi connectivity index (χ0n) is 13.6. The average Bonchev–Trinajstić information content (AvgIpc) is 2.91. The smallest absolute Gasteiger partial charge is 0.0518 e. The number of ether oxygens (including phenoxy) is 1. The highest BCUT2D eigenvalue weighted by Crippen LogP contribution is 2.13. The van der Waals surface area contributed by atoms with Gasteiger partial charge < -0.3 is 10.1 Å². The van der Waals surface area contributed by atoms with Crippen LogP contribution in [0.1, 0.15) is 38.7 Å². The van der Waals surface area contributed by atoms with Crippen molar-refractivity contribution >= 4 is 0 Å². The number of hydrogen-bond acceptors (Lipinski definition) is 3. The summed E-state index contributed by atoms with van der Waals surface area (Å²) >= 11 is 0. The summed E-state index contributed by atoms with van der Waals surface area (Å²) in [5, 5.41) is 3.69. The van der Waals surface area contributed by atoms with Gasteiger partial charge in [0.1, 0.15) is 0 Å². The molecule has 1 unspecified atom stereocenters. The largest absolute Gasteiger partial charge is 0.379 e.